The molecule has 5 nitrogen and oxygen atoms in total. The molecule has 0 saturated carbocycles. The van der Waals surface area contributed by atoms with Crippen LogP contribution in [0.25, 0.3) is 0 Å². The van der Waals surface area contributed by atoms with Crippen molar-refractivity contribution in [2.24, 2.45) is 16.1 Å². The van der Waals surface area contributed by atoms with Gasteiger partial charge in [-0.3, -0.25) is 14.8 Å². The van der Waals surface area contributed by atoms with Gasteiger partial charge in [-0.25, -0.2) is 4.39 Å². The highest BCUT2D eigenvalue weighted by atomic mass is 19.1. The highest BCUT2D eigenvalue weighted by Crippen LogP contribution is 2.28. The standard InChI is InChI=1S/C20H21FN4O/c21-17-6-1-5-16(10-17)18(19(22)26)25-14-20(7-3-9-24-13-20)11-15-4-2-8-23-12-15/h1-10,12,18,25H,11,13-14H2,(H2,22,26). The number of pyridine rings is 1. The highest BCUT2D eigenvalue weighted by molar-refractivity contribution is 5.81. The largest absolute Gasteiger partial charge is 0.368 e. The maximum atomic E-state index is 13.5. The molecule has 1 aliphatic rings. The second-order valence-electron chi connectivity index (χ2n) is 6.52. The third-order valence-corrected chi connectivity index (χ3v) is 4.45. The number of aromatic nitrogens is 1. The van der Waals surface area contributed by atoms with Crippen molar-refractivity contribution in [3.63, 3.8) is 0 Å². The molecule has 2 unspecified atom stereocenters. The zero-order chi connectivity index (χ0) is 18.4. The number of dihydropyridines is 1. The molecule has 2 heterocycles. The molecule has 26 heavy (non-hydrogen) atoms. The Morgan fingerprint density at radius 3 is 2.88 bits per heavy atom. The number of hydrogen-bond acceptors (Lipinski definition) is 4. The summed E-state index contributed by atoms with van der Waals surface area (Å²) in [6.07, 6.45) is 10.0. The van der Waals surface area contributed by atoms with E-state index in [1.807, 2.05) is 24.4 Å². The first-order valence-corrected chi connectivity index (χ1v) is 8.43. The van der Waals surface area contributed by atoms with Gasteiger partial charge in [0.05, 0.1) is 0 Å². The molecule has 0 aliphatic carbocycles. The van der Waals surface area contributed by atoms with Crippen LogP contribution in [0.15, 0.2) is 65.9 Å². The van der Waals surface area contributed by atoms with Crippen molar-refractivity contribution in [1.29, 1.82) is 0 Å². The predicted molar refractivity (Wildman–Crippen MR) is 99.2 cm³/mol. The second kappa shape index (κ2) is 8.01. The van der Waals surface area contributed by atoms with E-state index in [-0.39, 0.29) is 5.41 Å². The van der Waals surface area contributed by atoms with Crippen LogP contribution in [0.1, 0.15) is 17.2 Å². The van der Waals surface area contributed by atoms with Gasteiger partial charge in [0.1, 0.15) is 11.9 Å². The molecule has 3 N–H and O–H groups in total. The molecule has 0 fully saturated rings. The quantitative estimate of drug-likeness (QED) is 0.802. The topological polar surface area (TPSA) is 80.4 Å². The average molecular weight is 352 g/mol. The Labute approximate surface area is 151 Å². The zero-order valence-electron chi connectivity index (χ0n) is 14.3. The van der Waals surface area contributed by atoms with Crippen LogP contribution in [-0.4, -0.2) is 30.2 Å². The van der Waals surface area contributed by atoms with Crippen LogP contribution < -0.4 is 11.1 Å². The zero-order valence-corrected chi connectivity index (χ0v) is 14.3. The van der Waals surface area contributed by atoms with E-state index in [0.29, 0.717) is 18.7 Å². The smallest absolute Gasteiger partial charge is 0.239 e. The van der Waals surface area contributed by atoms with Gasteiger partial charge in [-0.05, 0) is 41.8 Å². The maximum absolute atomic E-state index is 13.5. The third kappa shape index (κ3) is 4.40. The van der Waals surface area contributed by atoms with Crippen molar-refractivity contribution in [3.05, 3.63) is 77.9 Å². The Bertz CT molecular complexity index is 822. The molecule has 0 radical (unpaired) electrons. The van der Waals surface area contributed by atoms with Crippen molar-refractivity contribution in [3.8, 4) is 0 Å². The minimum atomic E-state index is -0.768. The van der Waals surface area contributed by atoms with Crippen LogP contribution in [0.4, 0.5) is 4.39 Å². The van der Waals surface area contributed by atoms with E-state index < -0.39 is 17.8 Å². The normalized spacial score (nSPS) is 20.0. The number of carbonyl (C=O) groups is 1. The number of benzene rings is 1. The third-order valence-electron chi connectivity index (χ3n) is 4.45. The molecule has 0 saturated heterocycles. The minimum Gasteiger partial charge on any atom is -0.368 e. The summed E-state index contributed by atoms with van der Waals surface area (Å²) < 4.78 is 13.5. The molecule has 1 aromatic carbocycles. The van der Waals surface area contributed by atoms with E-state index in [9.17, 15) is 9.18 Å². The minimum absolute atomic E-state index is 0.307. The van der Waals surface area contributed by atoms with E-state index >= 15 is 0 Å². The molecule has 0 spiro atoms. The summed E-state index contributed by atoms with van der Waals surface area (Å²) in [7, 11) is 0. The molecule has 6 heteroatoms. The predicted octanol–water partition coefficient (Wildman–Crippen LogP) is 2.21. The van der Waals surface area contributed by atoms with Gasteiger partial charge >= 0.3 is 0 Å². The fraction of sp³-hybridized carbons (Fsp3) is 0.250. The number of halogens is 1. The number of nitrogens with zero attached hydrogens (tertiary/aromatic N) is 2. The van der Waals surface area contributed by atoms with Gasteiger partial charge in [0.15, 0.2) is 0 Å². The number of primary amides is 1. The Balaban J connectivity index is 1.79. The van der Waals surface area contributed by atoms with E-state index in [2.05, 4.69) is 21.4 Å². The summed E-state index contributed by atoms with van der Waals surface area (Å²) in [4.78, 5) is 20.5. The van der Waals surface area contributed by atoms with Gasteiger partial charge in [0, 0.05) is 37.1 Å². The van der Waals surface area contributed by atoms with Gasteiger partial charge in [-0.15, -0.1) is 0 Å². The molecule has 134 valence electrons. The number of allylic oxidation sites excluding steroid dienone is 1. The molecule has 2 atom stereocenters. The lowest BCUT2D eigenvalue weighted by molar-refractivity contribution is -0.120. The van der Waals surface area contributed by atoms with Crippen LogP contribution in [0.3, 0.4) is 0 Å². The van der Waals surface area contributed by atoms with Crippen LogP contribution in [0.5, 0.6) is 0 Å². The van der Waals surface area contributed by atoms with E-state index in [1.54, 1.807) is 24.5 Å². The van der Waals surface area contributed by atoms with E-state index in [1.165, 1.54) is 12.1 Å². The monoisotopic (exact) mass is 352 g/mol. The van der Waals surface area contributed by atoms with Crippen molar-refractivity contribution in [2.45, 2.75) is 12.5 Å². The van der Waals surface area contributed by atoms with Crippen molar-refractivity contribution in [2.75, 3.05) is 13.1 Å². The number of nitrogens with two attached hydrogens (primary N) is 1. The number of amides is 1. The summed E-state index contributed by atoms with van der Waals surface area (Å²) in [6, 6.07) is 9.06. The first kappa shape index (κ1) is 17.9. The van der Waals surface area contributed by atoms with Crippen LogP contribution >= 0.6 is 0 Å². The lowest BCUT2D eigenvalue weighted by atomic mass is 9.80. The lowest BCUT2D eigenvalue weighted by Gasteiger charge is -2.32. The SMILES string of the molecule is NC(=O)C(NCC1(Cc2cccnc2)C=CC=NC1)c1cccc(F)c1. The van der Waals surface area contributed by atoms with E-state index in [0.717, 1.165) is 12.0 Å². The number of aliphatic imine (C=N–C) groups is 1. The van der Waals surface area contributed by atoms with Crippen LogP contribution in [0.2, 0.25) is 0 Å². The van der Waals surface area contributed by atoms with Gasteiger partial charge < -0.3 is 11.1 Å². The first-order valence-electron chi connectivity index (χ1n) is 8.43. The van der Waals surface area contributed by atoms with Crippen molar-refractivity contribution >= 4 is 12.1 Å². The fourth-order valence-corrected chi connectivity index (χ4v) is 3.17. The highest BCUT2D eigenvalue weighted by Gasteiger charge is 2.31. The summed E-state index contributed by atoms with van der Waals surface area (Å²) >= 11 is 0. The summed E-state index contributed by atoms with van der Waals surface area (Å²) in [5.41, 5.74) is 6.83. The molecular formula is C20H21FN4O. The number of carbonyl (C=O) groups excluding carboxylic acids is 1. The summed E-state index contributed by atoms with van der Waals surface area (Å²) in [5.74, 6) is -0.946. The summed E-state index contributed by atoms with van der Waals surface area (Å²) in [6.45, 7) is 1.06. The average Bonchev–Trinajstić information content (AvgIpc) is 2.63. The fourth-order valence-electron chi connectivity index (χ4n) is 3.17. The maximum Gasteiger partial charge on any atom is 0.239 e. The van der Waals surface area contributed by atoms with Gasteiger partial charge in [-0.2, -0.15) is 0 Å². The van der Waals surface area contributed by atoms with Crippen LogP contribution in [-0.2, 0) is 11.2 Å². The van der Waals surface area contributed by atoms with Crippen molar-refractivity contribution < 1.29 is 9.18 Å². The Morgan fingerprint density at radius 2 is 2.23 bits per heavy atom. The second-order valence-corrected chi connectivity index (χ2v) is 6.52. The molecule has 1 aromatic heterocycles. The number of rotatable bonds is 7. The lowest BCUT2D eigenvalue weighted by Crippen LogP contribution is -2.43. The Morgan fingerprint density at radius 1 is 1.35 bits per heavy atom. The molecule has 2 aromatic rings. The molecule has 1 amide bonds. The number of hydrogen-bond donors (Lipinski definition) is 2. The van der Waals surface area contributed by atoms with Gasteiger partial charge in [0.25, 0.3) is 0 Å². The Hall–Kier alpha value is -2.86. The number of nitrogens with one attached hydrogen (secondary N) is 1. The molecule has 0 bridgehead atoms. The Kier molecular flexibility index (Phi) is 5.53. The van der Waals surface area contributed by atoms with E-state index in [4.69, 9.17) is 5.73 Å². The van der Waals surface area contributed by atoms with Gasteiger partial charge in [-0.1, -0.05) is 24.3 Å². The molecule has 3 rings (SSSR count). The molecular weight excluding hydrogens is 331 g/mol. The first-order chi connectivity index (χ1) is 12.6. The van der Waals surface area contributed by atoms with Crippen LogP contribution in [0, 0.1) is 11.2 Å². The summed E-state index contributed by atoms with van der Waals surface area (Å²) in [5, 5.41) is 3.21. The molecule has 1 aliphatic heterocycles. The van der Waals surface area contributed by atoms with Crippen molar-refractivity contribution in [1.82, 2.24) is 10.3 Å². The van der Waals surface area contributed by atoms with Gasteiger partial charge in [0.2, 0.25) is 5.91 Å².